The number of carbonyl (C=O) groups excluding carboxylic acids is 1. The van der Waals surface area contributed by atoms with Crippen molar-refractivity contribution in [2.45, 2.75) is 51.9 Å². The molecule has 0 fully saturated rings. The molecule has 0 saturated carbocycles. The molecule has 0 rings (SSSR count). The molecule has 0 radical (unpaired) electrons. The van der Waals surface area contributed by atoms with Gasteiger partial charge in [-0.2, -0.15) is 0 Å². The summed E-state index contributed by atoms with van der Waals surface area (Å²) < 4.78 is 0. The topological polar surface area (TPSA) is 17.1 Å². The van der Waals surface area contributed by atoms with Crippen LogP contribution in [-0.4, -0.2) is 5.78 Å². The van der Waals surface area contributed by atoms with Gasteiger partial charge in [-0.3, -0.25) is 4.79 Å². The molecule has 0 amide bonds. The van der Waals surface area contributed by atoms with Crippen molar-refractivity contribution in [2.75, 3.05) is 0 Å². The van der Waals surface area contributed by atoms with Crippen LogP contribution in [0.2, 0.25) is 0 Å². The van der Waals surface area contributed by atoms with Gasteiger partial charge in [0.25, 0.3) is 0 Å². The summed E-state index contributed by atoms with van der Waals surface area (Å²) in [7, 11) is 0. The first kappa shape index (κ1) is 13.2. The van der Waals surface area contributed by atoms with E-state index in [-0.39, 0.29) is 5.78 Å². The minimum Gasteiger partial charge on any atom is -0.290 e. The van der Waals surface area contributed by atoms with E-state index in [2.05, 4.69) is 13.5 Å². The normalized spacial score (nSPS) is 10.6. The number of carbonyl (C=O) groups is 1. The van der Waals surface area contributed by atoms with E-state index in [1.165, 1.54) is 44.6 Å². The molecule has 0 unspecified atom stereocenters. The average Bonchev–Trinajstić information content (AvgIpc) is 2.21. The first-order valence-corrected chi connectivity index (χ1v) is 5.64. The second-order valence-corrected chi connectivity index (χ2v) is 3.57. The number of hydrogen-bond donors (Lipinski definition) is 0. The third-order valence-electron chi connectivity index (χ3n) is 2.21. The van der Waals surface area contributed by atoms with Crippen LogP contribution in [0.15, 0.2) is 24.8 Å². The molecule has 0 heterocycles. The van der Waals surface area contributed by atoms with Crippen molar-refractivity contribution >= 4 is 5.78 Å². The van der Waals surface area contributed by atoms with Crippen LogP contribution in [0, 0.1) is 0 Å². The highest BCUT2D eigenvalue weighted by Gasteiger charge is 1.89. The molecular weight excluding hydrogens is 172 g/mol. The molecule has 0 saturated heterocycles. The van der Waals surface area contributed by atoms with Crippen LogP contribution < -0.4 is 0 Å². The van der Waals surface area contributed by atoms with Crippen LogP contribution in [0.3, 0.4) is 0 Å². The van der Waals surface area contributed by atoms with E-state index >= 15 is 0 Å². The third kappa shape index (κ3) is 9.24. The van der Waals surface area contributed by atoms with Crippen LogP contribution in [0.4, 0.5) is 0 Å². The van der Waals surface area contributed by atoms with E-state index in [9.17, 15) is 4.79 Å². The Morgan fingerprint density at radius 3 is 2.43 bits per heavy atom. The fraction of sp³-hybridized carbons (Fsp3) is 0.615. The highest BCUT2D eigenvalue weighted by molar-refractivity contribution is 5.98. The van der Waals surface area contributed by atoms with Crippen LogP contribution in [0.1, 0.15) is 51.9 Å². The number of allylic oxidation sites excluding steroid dienone is 3. The van der Waals surface area contributed by atoms with Crippen molar-refractivity contribution in [3.63, 3.8) is 0 Å². The van der Waals surface area contributed by atoms with Gasteiger partial charge in [0, 0.05) is 0 Å². The predicted octanol–water partition coefficient (Wildman–Crippen LogP) is 4.05. The zero-order valence-electron chi connectivity index (χ0n) is 9.30. The average molecular weight is 194 g/mol. The number of unbranched alkanes of at least 4 members (excludes halogenated alkanes) is 6. The maximum atomic E-state index is 10.8. The third-order valence-corrected chi connectivity index (χ3v) is 2.21. The minimum atomic E-state index is 0.0102. The fourth-order valence-corrected chi connectivity index (χ4v) is 1.31. The van der Waals surface area contributed by atoms with Crippen molar-refractivity contribution in [3.05, 3.63) is 24.8 Å². The Balaban J connectivity index is 3.17. The molecule has 0 aliphatic carbocycles. The Hall–Kier alpha value is -0.850. The van der Waals surface area contributed by atoms with E-state index in [0.29, 0.717) is 0 Å². The summed E-state index contributed by atoms with van der Waals surface area (Å²) in [5.74, 6) is 0.0102. The molecular formula is C13H22O. The summed E-state index contributed by atoms with van der Waals surface area (Å²) in [6, 6.07) is 0. The van der Waals surface area contributed by atoms with Crippen LogP contribution in [-0.2, 0) is 4.79 Å². The lowest BCUT2D eigenvalue weighted by Crippen LogP contribution is -1.83. The van der Waals surface area contributed by atoms with Crippen molar-refractivity contribution in [2.24, 2.45) is 0 Å². The van der Waals surface area contributed by atoms with E-state index in [4.69, 9.17) is 0 Å². The summed E-state index contributed by atoms with van der Waals surface area (Å²) in [5.41, 5.74) is 0. The van der Waals surface area contributed by atoms with Gasteiger partial charge >= 0.3 is 0 Å². The standard InChI is InChI=1S/C13H22O/c1-3-5-6-7-8-9-10-11-12-13(14)4-2/h4,11-12H,2-3,5-10H2,1H3/b12-11+. The maximum absolute atomic E-state index is 10.8. The van der Waals surface area contributed by atoms with Crippen molar-refractivity contribution in [1.29, 1.82) is 0 Å². The summed E-state index contributed by atoms with van der Waals surface area (Å²) in [6.45, 7) is 5.63. The molecule has 80 valence electrons. The molecule has 14 heavy (non-hydrogen) atoms. The Kier molecular flexibility index (Phi) is 9.61. The Morgan fingerprint density at radius 1 is 1.14 bits per heavy atom. The molecule has 0 spiro atoms. The van der Waals surface area contributed by atoms with Crippen LogP contribution >= 0.6 is 0 Å². The highest BCUT2D eigenvalue weighted by Crippen LogP contribution is 2.06. The number of hydrogen-bond acceptors (Lipinski definition) is 1. The quantitative estimate of drug-likeness (QED) is 0.400. The zero-order valence-corrected chi connectivity index (χ0v) is 9.30. The fourth-order valence-electron chi connectivity index (χ4n) is 1.31. The molecule has 0 aromatic carbocycles. The molecule has 0 aliphatic rings. The van der Waals surface area contributed by atoms with Crippen molar-refractivity contribution < 1.29 is 4.79 Å². The van der Waals surface area contributed by atoms with Gasteiger partial charge in [0.2, 0.25) is 0 Å². The van der Waals surface area contributed by atoms with Gasteiger partial charge in [0.05, 0.1) is 0 Å². The van der Waals surface area contributed by atoms with E-state index < -0.39 is 0 Å². The SMILES string of the molecule is C=CC(=O)/C=C/CCCCCCCC. The van der Waals surface area contributed by atoms with Gasteiger partial charge in [0.15, 0.2) is 5.78 Å². The lowest BCUT2D eigenvalue weighted by molar-refractivity contribution is -0.110. The van der Waals surface area contributed by atoms with Crippen LogP contribution in [0.5, 0.6) is 0 Å². The van der Waals surface area contributed by atoms with Crippen molar-refractivity contribution in [3.8, 4) is 0 Å². The largest absolute Gasteiger partial charge is 0.290 e. The van der Waals surface area contributed by atoms with Gasteiger partial charge in [0.1, 0.15) is 0 Å². The lowest BCUT2D eigenvalue weighted by Gasteiger charge is -1.97. The molecule has 0 aliphatic heterocycles. The van der Waals surface area contributed by atoms with Gasteiger partial charge in [-0.05, 0) is 25.0 Å². The first-order chi connectivity index (χ1) is 6.81. The summed E-state index contributed by atoms with van der Waals surface area (Å²) in [4.78, 5) is 10.8. The monoisotopic (exact) mass is 194 g/mol. The minimum absolute atomic E-state index is 0.0102. The smallest absolute Gasteiger partial charge is 0.177 e. The molecule has 0 aromatic rings. The molecule has 1 nitrogen and oxygen atoms in total. The first-order valence-electron chi connectivity index (χ1n) is 5.64. The highest BCUT2D eigenvalue weighted by atomic mass is 16.1. The van der Waals surface area contributed by atoms with Gasteiger partial charge < -0.3 is 0 Å². The number of rotatable bonds is 9. The molecule has 0 atom stereocenters. The van der Waals surface area contributed by atoms with Crippen LogP contribution in [0.25, 0.3) is 0 Å². The predicted molar refractivity (Wildman–Crippen MR) is 62.3 cm³/mol. The Bertz CT molecular complexity index is 180. The second-order valence-electron chi connectivity index (χ2n) is 3.57. The van der Waals surface area contributed by atoms with Gasteiger partial charge in [-0.25, -0.2) is 0 Å². The molecule has 0 N–H and O–H groups in total. The second kappa shape index (κ2) is 10.2. The summed E-state index contributed by atoms with van der Waals surface area (Å²) >= 11 is 0. The molecule has 1 heteroatoms. The Labute approximate surface area is 87.9 Å². The zero-order chi connectivity index (χ0) is 10.6. The Morgan fingerprint density at radius 2 is 1.79 bits per heavy atom. The summed E-state index contributed by atoms with van der Waals surface area (Å²) in [5, 5.41) is 0. The molecule has 0 bridgehead atoms. The van der Waals surface area contributed by atoms with Crippen molar-refractivity contribution in [1.82, 2.24) is 0 Å². The van der Waals surface area contributed by atoms with Gasteiger partial charge in [-0.15, -0.1) is 0 Å². The van der Waals surface area contributed by atoms with Gasteiger partial charge in [-0.1, -0.05) is 51.7 Å². The van der Waals surface area contributed by atoms with E-state index in [0.717, 1.165) is 6.42 Å². The number of ketones is 1. The maximum Gasteiger partial charge on any atom is 0.177 e. The van der Waals surface area contributed by atoms with E-state index in [1.807, 2.05) is 6.08 Å². The summed E-state index contributed by atoms with van der Waals surface area (Å²) in [6.07, 6.45) is 13.7. The molecule has 0 aromatic heterocycles. The lowest BCUT2D eigenvalue weighted by atomic mass is 10.1. The van der Waals surface area contributed by atoms with E-state index in [1.54, 1.807) is 6.08 Å².